The van der Waals surface area contributed by atoms with Crippen LogP contribution in [0.4, 0.5) is 4.39 Å². The monoisotopic (exact) mass is 255 g/mol. The second kappa shape index (κ2) is 7.34. The third-order valence-electron chi connectivity index (χ3n) is 2.62. The summed E-state index contributed by atoms with van der Waals surface area (Å²) in [6.45, 7) is 7.40. The summed E-state index contributed by atoms with van der Waals surface area (Å²) in [5.41, 5.74) is 0.968. The summed E-state index contributed by atoms with van der Waals surface area (Å²) in [6.07, 6.45) is 0.175. The summed E-state index contributed by atoms with van der Waals surface area (Å²) in [5, 5.41) is 3.32. The molecule has 4 heteroatoms. The lowest BCUT2D eigenvalue weighted by molar-refractivity contribution is 0.0614. The van der Waals surface area contributed by atoms with Crippen LogP contribution in [0, 0.1) is 5.82 Å². The van der Waals surface area contributed by atoms with Gasteiger partial charge in [0.15, 0.2) is 11.6 Å². The van der Waals surface area contributed by atoms with Crippen molar-refractivity contribution in [1.29, 1.82) is 0 Å². The normalized spacial score (nSPS) is 12.8. The van der Waals surface area contributed by atoms with Crippen LogP contribution in [-0.4, -0.2) is 26.4 Å². The zero-order chi connectivity index (χ0) is 13.5. The Kier molecular flexibility index (Phi) is 6.09. The molecule has 1 atom stereocenters. The maximum atomic E-state index is 13.4. The van der Waals surface area contributed by atoms with Crippen LogP contribution in [0.15, 0.2) is 18.2 Å². The highest BCUT2D eigenvalue weighted by Gasteiger charge is 2.14. The van der Waals surface area contributed by atoms with Gasteiger partial charge in [-0.3, -0.25) is 0 Å². The lowest BCUT2D eigenvalue weighted by atomic mass is 10.1. The van der Waals surface area contributed by atoms with E-state index in [9.17, 15) is 4.39 Å². The summed E-state index contributed by atoms with van der Waals surface area (Å²) in [7, 11) is 1.47. The van der Waals surface area contributed by atoms with Crippen molar-refractivity contribution in [1.82, 2.24) is 5.32 Å². The Bertz CT molecular complexity index is 369. The van der Waals surface area contributed by atoms with Gasteiger partial charge in [-0.1, -0.05) is 13.0 Å². The van der Waals surface area contributed by atoms with Crippen molar-refractivity contribution in [3.63, 3.8) is 0 Å². The second-order valence-corrected chi connectivity index (χ2v) is 4.39. The molecule has 0 aliphatic rings. The number of methoxy groups -OCH3 is 1. The van der Waals surface area contributed by atoms with E-state index in [-0.39, 0.29) is 23.7 Å². The molecular weight excluding hydrogens is 233 g/mol. The number of rotatable bonds is 7. The van der Waals surface area contributed by atoms with E-state index >= 15 is 0 Å². The van der Waals surface area contributed by atoms with Crippen LogP contribution in [0.25, 0.3) is 0 Å². The Balaban J connectivity index is 2.83. The molecule has 3 nitrogen and oxygen atoms in total. The number of likely N-dealkylation sites (N-methyl/N-ethyl adjacent to an activating group) is 1. The molecule has 1 rings (SSSR count). The molecule has 0 bridgehead atoms. The van der Waals surface area contributed by atoms with E-state index in [0.717, 1.165) is 12.1 Å². The molecule has 0 saturated heterocycles. The molecule has 0 aromatic heterocycles. The number of hydrogen-bond donors (Lipinski definition) is 1. The van der Waals surface area contributed by atoms with E-state index in [1.165, 1.54) is 13.2 Å². The molecule has 0 radical (unpaired) electrons. The van der Waals surface area contributed by atoms with Crippen molar-refractivity contribution >= 4 is 0 Å². The highest BCUT2D eigenvalue weighted by Crippen LogP contribution is 2.23. The van der Waals surface area contributed by atoms with Gasteiger partial charge in [0.2, 0.25) is 0 Å². The molecule has 0 spiro atoms. The number of benzene rings is 1. The van der Waals surface area contributed by atoms with Crippen molar-refractivity contribution in [2.45, 2.75) is 32.9 Å². The zero-order valence-corrected chi connectivity index (χ0v) is 11.5. The predicted molar refractivity (Wildman–Crippen MR) is 70.5 cm³/mol. The molecule has 0 aliphatic heterocycles. The number of ether oxygens (including phenoxy) is 2. The van der Waals surface area contributed by atoms with Gasteiger partial charge in [0.25, 0.3) is 0 Å². The first-order chi connectivity index (χ1) is 8.58. The Hall–Kier alpha value is -1.13. The van der Waals surface area contributed by atoms with Crippen molar-refractivity contribution in [3.8, 4) is 5.75 Å². The summed E-state index contributed by atoms with van der Waals surface area (Å²) < 4.78 is 24.0. The minimum Gasteiger partial charge on any atom is -0.494 e. The van der Waals surface area contributed by atoms with Crippen LogP contribution in [0.1, 0.15) is 32.4 Å². The SMILES string of the molecule is CCNC(COC(C)C)c1ccc(F)c(OC)c1. The molecule has 1 aromatic carbocycles. The molecule has 102 valence electrons. The summed E-state index contributed by atoms with van der Waals surface area (Å²) in [5.74, 6) is -0.0822. The highest BCUT2D eigenvalue weighted by atomic mass is 19.1. The number of hydrogen-bond acceptors (Lipinski definition) is 3. The third-order valence-corrected chi connectivity index (χ3v) is 2.62. The van der Waals surface area contributed by atoms with Crippen LogP contribution in [0.2, 0.25) is 0 Å². The third kappa shape index (κ3) is 4.27. The molecule has 0 amide bonds. The summed E-state index contributed by atoms with van der Waals surface area (Å²) in [6, 6.07) is 4.95. The number of halogens is 1. The minimum absolute atomic E-state index is 0.0481. The minimum atomic E-state index is -0.346. The van der Waals surface area contributed by atoms with Gasteiger partial charge in [-0.15, -0.1) is 0 Å². The van der Waals surface area contributed by atoms with Crippen LogP contribution in [-0.2, 0) is 4.74 Å². The van der Waals surface area contributed by atoms with E-state index in [2.05, 4.69) is 5.32 Å². The van der Waals surface area contributed by atoms with Gasteiger partial charge in [-0.2, -0.15) is 0 Å². The molecule has 0 aliphatic carbocycles. The van der Waals surface area contributed by atoms with Gasteiger partial charge in [-0.25, -0.2) is 4.39 Å². The Morgan fingerprint density at radius 2 is 2.06 bits per heavy atom. The quantitative estimate of drug-likeness (QED) is 0.812. The summed E-state index contributed by atoms with van der Waals surface area (Å²) in [4.78, 5) is 0. The van der Waals surface area contributed by atoms with E-state index in [1.807, 2.05) is 20.8 Å². The first-order valence-corrected chi connectivity index (χ1v) is 6.26. The Morgan fingerprint density at radius 3 is 2.61 bits per heavy atom. The predicted octanol–water partition coefficient (Wildman–Crippen LogP) is 2.91. The molecule has 18 heavy (non-hydrogen) atoms. The van der Waals surface area contributed by atoms with Crippen molar-refractivity contribution in [2.75, 3.05) is 20.3 Å². The van der Waals surface area contributed by atoms with Crippen molar-refractivity contribution < 1.29 is 13.9 Å². The van der Waals surface area contributed by atoms with E-state index in [4.69, 9.17) is 9.47 Å². The molecule has 1 N–H and O–H groups in total. The maximum Gasteiger partial charge on any atom is 0.165 e. The van der Waals surface area contributed by atoms with Crippen molar-refractivity contribution in [3.05, 3.63) is 29.6 Å². The van der Waals surface area contributed by atoms with E-state index < -0.39 is 0 Å². The second-order valence-electron chi connectivity index (χ2n) is 4.39. The Labute approximate surface area is 108 Å². The molecule has 0 heterocycles. The Morgan fingerprint density at radius 1 is 1.33 bits per heavy atom. The lowest BCUT2D eigenvalue weighted by Gasteiger charge is -2.20. The van der Waals surface area contributed by atoms with Crippen molar-refractivity contribution in [2.24, 2.45) is 0 Å². The topological polar surface area (TPSA) is 30.5 Å². The van der Waals surface area contributed by atoms with Gasteiger partial charge in [0, 0.05) is 0 Å². The van der Waals surface area contributed by atoms with Gasteiger partial charge >= 0.3 is 0 Å². The van der Waals surface area contributed by atoms with Gasteiger partial charge < -0.3 is 14.8 Å². The van der Waals surface area contributed by atoms with E-state index in [0.29, 0.717) is 6.61 Å². The average Bonchev–Trinajstić information content (AvgIpc) is 2.35. The fraction of sp³-hybridized carbons (Fsp3) is 0.571. The molecule has 0 saturated carbocycles. The molecular formula is C14H22FNO2. The highest BCUT2D eigenvalue weighted by molar-refractivity contribution is 5.32. The first-order valence-electron chi connectivity index (χ1n) is 6.26. The largest absolute Gasteiger partial charge is 0.494 e. The molecule has 1 unspecified atom stereocenters. The maximum absolute atomic E-state index is 13.4. The lowest BCUT2D eigenvalue weighted by Crippen LogP contribution is -2.26. The smallest absolute Gasteiger partial charge is 0.165 e. The fourth-order valence-corrected chi connectivity index (χ4v) is 1.70. The van der Waals surface area contributed by atoms with Crippen LogP contribution < -0.4 is 10.1 Å². The molecule has 0 fully saturated rings. The van der Waals surface area contributed by atoms with Gasteiger partial charge in [-0.05, 0) is 38.1 Å². The van der Waals surface area contributed by atoms with Gasteiger partial charge in [0.1, 0.15) is 0 Å². The van der Waals surface area contributed by atoms with Crippen LogP contribution in [0.5, 0.6) is 5.75 Å². The zero-order valence-electron chi connectivity index (χ0n) is 11.5. The van der Waals surface area contributed by atoms with E-state index in [1.54, 1.807) is 12.1 Å². The summed E-state index contributed by atoms with van der Waals surface area (Å²) >= 11 is 0. The van der Waals surface area contributed by atoms with Gasteiger partial charge in [0.05, 0.1) is 25.9 Å². The fourth-order valence-electron chi connectivity index (χ4n) is 1.70. The van der Waals surface area contributed by atoms with Crippen LogP contribution >= 0.6 is 0 Å². The number of nitrogens with one attached hydrogen (secondary N) is 1. The molecule has 1 aromatic rings. The first kappa shape index (κ1) is 14.9. The average molecular weight is 255 g/mol. The van der Waals surface area contributed by atoms with Crippen LogP contribution in [0.3, 0.4) is 0 Å². The standard InChI is InChI=1S/C14H22FNO2/c1-5-16-13(9-18-10(2)3)11-6-7-12(15)14(8-11)17-4/h6-8,10,13,16H,5,9H2,1-4H3.